The molecule has 35 heavy (non-hydrogen) atoms. The van der Waals surface area contributed by atoms with Gasteiger partial charge in [0.25, 0.3) is 5.91 Å². The van der Waals surface area contributed by atoms with Gasteiger partial charge in [-0.05, 0) is 53.8 Å². The van der Waals surface area contributed by atoms with Gasteiger partial charge in [-0.3, -0.25) is 9.59 Å². The van der Waals surface area contributed by atoms with Crippen molar-refractivity contribution in [3.63, 3.8) is 0 Å². The van der Waals surface area contributed by atoms with E-state index in [1.807, 2.05) is 64.4 Å². The summed E-state index contributed by atoms with van der Waals surface area (Å²) in [5.41, 5.74) is 6.17. The highest BCUT2D eigenvalue weighted by atomic mass is 35.5. The molecule has 0 bridgehead atoms. The number of aryl methyl sites for hydroxylation is 1. The van der Waals surface area contributed by atoms with Gasteiger partial charge >= 0.3 is 0 Å². The van der Waals surface area contributed by atoms with Crippen LogP contribution in [0.25, 0.3) is 0 Å². The van der Waals surface area contributed by atoms with E-state index in [0.29, 0.717) is 25.2 Å². The lowest BCUT2D eigenvalue weighted by atomic mass is 9.75. The molecular weight excluding hydrogens is 458 g/mol. The van der Waals surface area contributed by atoms with Crippen molar-refractivity contribution in [3.8, 4) is 0 Å². The van der Waals surface area contributed by atoms with Crippen LogP contribution >= 0.6 is 11.6 Å². The Kier molecular flexibility index (Phi) is 5.53. The molecule has 0 saturated carbocycles. The Morgan fingerprint density at radius 2 is 1.60 bits per heavy atom. The second-order valence-electron chi connectivity index (χ2n) is 9.70. The summed E-state index contributed by atoms with van der Waals surface area (Å²) in [6, 6.07) is 21.7. The zero-order valence-corrected chi connectivity index (χ0v) is 20.5. The largest absolute Gasteiger partial charge is 0.368 e. The monoisotopic (exact) mass is 485 g/mol. The summed E-state index contributed by atoms with van der Waals surface area (Å²) in [4.78, 5) is 33.9. The first-order chi connectivity index (χ1) is 17.0. The van der Waals surface area contributed by atoms with Crippen LogP contribution in [0.15, 0.2) is 66.7 Å². The van der Waals surface area contributed by atoms with Gasteiger partial charge in [0.05, 0.1) is 12.0 Å². The fourth-order valence-electron chi connectivity index (χ4n) is 6.03. The molecule has 6 heteroatoms. The topological polar surface area (TPSA) is 43.9 Å². The number of nitrogens with zero attached hydrogens (tertiary/aromatic N) is 3. The molecule has 1 fully saturated rings. The minimum Gasteiger partial charge on any atom is -0.368 e. The number of benzene rings is 3. The highest BCUT2D eigenvalue weighted by Crippen LogP contribution is 2.46. The number of rotatable bonds is 2. The molecule has 3 aliphatic heterocycles. The molecule has 2 atom stereocenters. The quantitative estimate of drug-likeness (QED) is 0.522. The van der Waals surface area contributed by atoms with Gasteiger partial charge in [0, 0.05) is 49.0 Å². The number of hydrogen-bond donors (Lipinski definition) is 0. The molecular formula is C29H28ClN3O2. The van der Waals surface area contributed by atoms with E-state index in [0.717, 1.165) is 41.3 Å². The molecule has 0 aliphatic carbocycles. The van der Waals surface area contributed by atoms with Crippen molar-refractivity contribution in [2.24, 2.45) is 0 Å². The van der Waals surface area contributed by atoms with Crippen LogP contribution in [-0.2, 0) is 11.2 Å². The summed E-state index contributed by atoms with van der Waals surface area (Å²) >= 11 is 6.26. The molecule has 6 rings (SSSR count). The van der Waals surface area contributed by atoms with Gasteiger partial charge in [0.2, 0.25) is 5.91 Å². The Morgan fingerprint density at radius 1 is 0.886 bits per heavy atom. The van der Waals surface area contributed by atoms with E-state index < -0.39 is 5.92 Å². The summed E-state index contributed by atoms with van der Waals surface area (Å²) < 4.78 is 0. The molecule has 0 radical (unpaired) electrons. The van der Waals surface area contributed by atoms with Crippen molar-refractivity contribution in [2.45, 2.75) is 25.3 Å². The van der Waals surface area contributed by atoms with E-state index in [9.17, 15) is 9.59 Å². The van der Waals surface area contributed by atoms with E-state index >= 15 is 0 Å². The van der Waals surface area contributed by atoms with Crippen molar-refractivity contribution in [3.05, 3.63) is 99.6 Å². The number of piperazine rings is 1. The lowest BCUT2D eigenvalue weighted by Crippen LogP contribution is -2.54. The molecule has 0 spiro atoms. The molecule has 0 aromatic heterocycles. The zero-order valence-electron chi connectivity index (χ0n) is 19.8. The first kappa shape index (κ1) is 22.2. The summed E-state index contributed by atoms with van der Waals surface area (Å²) in [6.45, 7) is 5.53. The Labute approximate surface area is 210 Å². The average molecular weight is 486 g/mol. The fraction of sp³-hybridized carbons (Fsp3) is 0.310. The number of anilines is 1. The van der Waals surface area contributed by atoms with Gasteiger partial charge in [-0.25, -0.2) is 0 Å². The van der Waals surface area contributed by atoms with Crippen LogP contribution in [0, 0.1) is 6.92 Å². The number of hydrogen-bond acceptors (Lipinski definition) is 3. The molecule has 2 unspecified atom stereocenters. The third-order valence-corrected chi connectivity index (χ3v) is 8.04. The summed E-state index contributed by atoms with van der Waals surface area (Å²) in [5, 5.41) is 0.726. The maximum atomic E-state index is 14.2. The van der Waals surface area contributed by atoms with E-state index in [2.05, 4.69) is 24.0 Å². The van der Waals surface area contributed by atoms with Gasteiger partial charge in [-0.1, -0.05) is 60.1 Å². The van der Waals surface area contributed by atoms with Gasteiger partial charge in [-0.15, -0.1) is 0 Å². The lowest BCUT2D eigenvalue weighted by molar-refractivity contribution is -0.135. The van der Waals surface area contributed by atoms with E-state index in [4.69, 9.17) is 11.6 Å². The highest BCUT2D eigenvalue weighted by Gasteiger charge is 2.47. The molecule has 2 amide bonds. The normalized spacial score (nSPS) is 21.3. The van der Waals surface area contributed by atoms with Crippen LogP contribution in [0.5, 0.6) is 0 Å². The third kappa shape index (κ3) is 3.69. The molecule has 3 aliphatic rings. The number of amides is 2. The minimum absolute atomic E-state index is 0.0328. The smallest absolute Gasteiger partial charge is 0.254 e. The Bertz CT molecular complexity index is 1310. The van der Waals surface area contributed by atoms with Gasteiger partial charge in [-0.2, -0.15) is 0 Å². The number of carbonyl (C=O) groups is 2. The molecule has 3 heterocycles. The predicted molar refractivity (Wildman–Crippen MR) is 138 cm³/mol. The van der Waals surface area contributed by atoms with Crippen molar-refractivity contribution in [2.75, 3.05) is 37.6 Å². The summed E-state index contributed by atoms with van der Waals surface area (Å²) in [5.74, 6) is -0.255. The highest BCUT2D eigenvalue weighted by molar-refractivity contribution is 6.30. The van der Waals surface area contributed by atoms with Crippen LogP contribution in [-0.4, -0.2) is 54.3 Å². The predicted octanol–water partition coefficient (Wildman–Crippen LogP) is 4.83. The fourth-order valence-corrected chi connectivity index (χ4v) is 6.20. The lowest BCUT2D eigenvalue weighted by Gasteiger charge is -2.47. The Morgan fingerprint density at radius 3 is 2.40 bits per heavy atom. The van der Waals surface area contributed by atoms with Crippen molar-refractivity contribution >= 4 is 29.1 Å². The zero-order chi connectivity index (χ0) is 24.1. The Hall–Kier alpha value is -3.31. The first-order valence-electron chi connectivity index (χ1n) is 12.3. The van der Waals surface area contributed by atoms with Crippen molar-refractivity contribution in [1.82, 2.24) is 9.80 Å². The first-order valence-corrected chi connectivity index (χ1v) is 12.7. The molecule has 5 nitrogen and oxygen atoms in total. The number of fused-ring (bicyclic) bond motifs is 4. The van der Waals surface area contributed by atoms with E-state index in [1.54, 1.807) is 0 Å². The number of carbonyl (C=O) groups excluding carboxylic acids is 2. The van der Waals surface area contributed by atoms with Crippen LogP contribution < -0.4 is 4.90 Å². The average Bonchev–Trinajstić information content (AvgIpc) is 2.90. The number of halogens is 1. The molecule has 3 aromatic carbocycles. The van der Waals surface area contributed by atoms with Gasteiger partial charge in [0.15, 0.2) is 0 Å². The van der Waals surface area contributed by atoms with Gasteiger partial charge < -0.3 is 14.7 Å². The maximum absolute atomic E-state index is 14.2. The second-order valence-corrected chi connectivity index (χ2v) is 10.1. The standard InChI is InChI=1S/C29H28ClN3O2/c1-19-10-11-21(30)18-25(19)31-14-16-32(17-15-31)29(35)26-23-8-4-5-9-24(23)28(34)33-13-12-20-6-2-3-7-22(20)27(26)33/h2-11,18,26-27H,12-17H2,1H3. The van der Waals surface area contributed by atoms with E-state index in [1.165, 1.54) is 11.1 Å². The molecule has 3 aromatic rings. The van der Waals surface area contributed by atoms with Crippen molar-refractivity contribution in [1.29, 1.82) is 0 Å². The summed E-state index contributed by atoms with van der Waals surface area (Å²) in [6.07, 6.45) is 0.819. The van der Waals surface area contributed by atoms with E-state index in [-0.39, 0.29) is 17.9 Å². The molecule has 178 valence electrons. The maximum Gasteiger partial charge on any atom is 0.254 e. The molecule has 0 N–H and O–H groups in total. The van der Waals surface area contributed by atoms with Crippen LogP contribution in [0.3, 0.4) is 0 Å². The minimum atomic E-state index is -0.398. The third-order valence-electron chi connectivity index (χ3n) is 7.80. The summed E-state index contributed by atoms with van der Waals surface area (Å²) in [7, 11) is 0. The van der Waals surface area contributed by atoms with Crippen LogP contribution in [0.2, 0.25) is 5.02 Å². The van der Waals surface area contributed by atoms with Crippen molar-refractivity contribution < 1.29 is 9.59 Å². The molecule has 1 saturated heterocycles. The van der Waals surface area contributed by atoms with Crippen LogP contribution in [0.4, 0.5) is 5.69 Å². The Balaban J connectivity index is 1.33. The van der Waals surface area contributed by atoms with Crippen LogP contribution in [0.1, 0.15) is 44.6 Å². The second kappa shape index (κ2) is 8.72. The SMILES string of the molecule is Cc1ccc(Cl)cc1N1CCN(C(=O)C2c3ccccc3C(=O)N3CCc4ccccc4C23)CC1. The van der Waals surface area contributed by atoms with Gasteiger partial charge in [0.1, 0.15) is 0 Å².